The van der Waals surface area contributed by atoms with E-state index in [1.54, 1.807) is 6.92 Å². The molecule has 0 saturated heterocycles. The van der Waals surface area contributed by atoms with E-state index in [0.29, 0.717) is 12.8 Å². The van der Waals surface area contributed by atoms with E-state index in [1.165, 1.54) is 0 Å². The molecule has 0 spiro atoms. The summed E-state index contributed by atoms with van der Waals surface area (Å²) < 4.78 is 25.9. The predicted octanol–water partition coefficient (Wildman–Crippen LogP) is 2.05. The molecule has 0 aromatic carbocycles. The van der Waals surface area contributed by atoms with Gasteiger partial charge in [0, 0.05) is 18.9 Å². The summed E-state index contributed by atoms with van der Waals surface area (Å²) in [6.45, 7) is 1.56. The van der Waals surface area contributed by atoms with Crippen molar-refractivity contribution in [2.45, 2.75) is 32.1 Å². The lowest BCUT2D eigenvalue weighted by atomic mass is 9.91. The SMILES string of the molecule is C[C@H](CO)C1CCCC1(F)F. The summed E-state index contributed by atoms with van der Waals surface area (Å²) in [5.41, 5.74) is 0. The molecule has 11 heavy (non-hydrogen) atoms. The maximum Gasteiger partial charge on any atom is 0.251 e. The van der Waals surface area contributed by atoms with Gasteiger partial charge in [0.1, 0.15) is 0 Å². The first-order chi connectivity index (χ1) is 5.08. The van der Waals surface area contributed by atoms with Crippen LogP contribution in [0.25, 0.3) is 0 Å². The molecule has 0 aliphatic heterocycles. The van der Waals surface area contributed by atoms with Crippen LogP contribution in [0.2, 0.25) is 0 Å². The topological polar surface area (TPSA) is 20.2 Å². The Morgan fingerprint density at radius 2 is 2.27 bits per heavy atom. The van der Waals surface area contributed by atoms with Gasteiger partial charge in [-0.3, -0.25) is 0 Å². The second kappa shape index (κ2) is 3.05. The van der Waals surface area contributed by atoms with E-state index in [1.807, 2.05) is 0 Å². The molecule has 0 aromatic heterocycles. The minimum absolute atomic E-state index is 0.00199. The molecule has 0 radical (unpaired) electrons. The zero-order chi connectivity index (χ0) is 8.48. The second-order valence-corrected chi connectivity index (χ2v) is 3.42. The monoisotopic (exact) mass is 164 g/mol. The number of hydrogen-bond donors (Lipinski definition) is 1. The molecule has 3 heteroatoms. The summed E-state index contributed by atoms with van der Waals surface area (Å²) in [4.78, 5) is 0. The third-order valence-electron chi connectivity index (χ3n) is 2.54. The van der Waals surface area contributed by atoms with E-state index in [4.69, 9.17) is 5.11 Å². The number of aliphatic hydroxyl groups excluding tert-OH is 1. The van der Waals surface area contributed by atoms with Crippen LogP contribution in [0.4, 0.5) is 8.78 Å². The fourth-order valence-corrected chi connectivity index (χ4v) is 1.78. The van der Waals surface area contributed by atoms with Crippen LogP contribution in [0.1, 0.15) is 26.2 Å². The molecule has 0 amide bonds. The highest BCUT2D eigenvalue weighted by atomic mass is 19.3. The Hall–Kier alpha value is -0.180. The lowest BCUT2D eigenvalue weighted by molar-refractivity contribution is -0.0627. The van der Waals surface area contributed by atoms with Crippen LogP contribution in [-0.4, -0.2) is 17.6 Å². The largest absolute Gasteiger partial charge is 0.396 e. The van der Waals surface area contributed by atoms with Crippen LogP contribution < -0.4 is 0 Å². The van der Waals surface area contributed by atoms with Crippen molar-refractivity contribution in [3.63, 3.8) is 0 Å². The molecule has 1 unspecified atom stereocenters. The van der Waals surface area contributed by atoms with Crippen LogP contribution in [-0.2, 0) is 0 Å². The first-order valence-electron chi connectivity index (χ1n) is 4.06. The summed E-state index contributed by atoms with van der Waals surface area (Å²) in [6, 6.07) is 0. The first kappa shape index (κ1) is 8.91. The van der Waals surface area contributed by atoms with Crippen LogP contribution in [0.3, 0.4) is 0 Å². The fraction of sp³-hybridized carbons (Fsp3) is 1.00. The average molecular weight is 164 g/mol. The molecule has 1 aliphatic carbocycles. The van der Waals surface area contributed by atoms with E-state index in [-0.39, 0.29) is 18.9 Å². The van der Waals surface area contributed by atoms with Crippen molar-refractivity contribution >= 4 is 0 Å². The van der Waals surface area contributed by atoms with Crippen molar-refractivity contribution in [2.24, 2.45) is 11.8 Å². The van der Waals surface area contributed by atoms with E-state index in [2.05, 4.69) is 0 Å². The highest BCUT2D eigenvalue weighted by Crippen LogP contribution is 2.43. The lowest BCUT2D eigenvalue weighted by Crippen LogP contribution is -2.29. The molecule has 1 fully saturated rings. The summed E-state index contributed by atoms with van der Waals surface area (Å²) in [7, 11) is 0. The smallest absolute Gasteiger partial charge is 0.251 e. The van der Waals surface area contributed by atoms with Crippen molar-refractivity contribution in [1.82, 2.24) is 0 Å². The quantitative estimate of drug-likeness (QED) is 0.662. The van der Waals surface area contributed by atoms with Gasteiger partial charge in [-0.2, -0.15) is 0 Å². The molecule has 66 valence electrons. The highest BCUT2D eigenvalue weighted by Gasteiger charge is 2.45. The Labute approximate surface area is 65.4 Å². The maximum atomic E-state index is 12.9. The molecule has 1 rings (SSSR count). The Morgan fingerprint density at radius 1 is 1.64 bits per heavy atom. The minimum atomic E-state index is -2.53. The molecule has 1 saturated carbocycles. The average Bonchev–Trinajstić information content (AvgIpc) is 2.28. The normalized spacial score (nSPS) is 32.2. The molecule has 0 heterocycles. The van der Waals surface area contributed by atoms with Crippen LogP contribution >= 0.6 is 0 Å². The molecular weight excluding hydrogens is 150 g/mol. The van der Waals surface area contributed by atoms with Gasteiger partial charge >= 0.3 is 0 Å². The zero-order valence-electron chi connectivity index (χ0n) is 6.69. The van der Waals surface area contributed by atoms with E-state index in [9.17, 15) is 8.78 Å². The molecular formula is C8H14F2O. The molecule has 2 atom stereocenters. The molecule has 0 aromatic rings. The van der Waals surface area contributed by atoms with Crippen molar-refractivity contribution in [2.75, 3.05) is 6.61 Å². The van der Waals surface area contributed by atoms with Crippen molar-refractivity contribution in [3.05, 3.63) is 0 Å². The van der Waals surface area contributed by atoms with Gasteiger partial charge < -0.3 is 5.11 Å². The summed E-state index contributed by atoms with van der Waals surface area (Å²) in [5, 5.41) is 8.69. The van der Waals surface area contributed by atoms with Crippen molar-refractivity contribution in [3.8, 4) is 0 Å². The number of aliphatic hydroxyl groups is 1. The molecule has 0 bridgehead atoms. The third kappa shape index (κ3) is 1.70. The Bertz CT molecular complexity index is 136. The predicted molar refractivity (Wildman–Crippen MR) is 38.5 cm³/mol. The number of halogens is 2. The standard InChI is InChI=1S/C8H14F2O/c1-6(5-11)7-3-2-4-8(7,9)10/h6-7,11H,2-5H2,1H3/t6-,7?/m1/s1. The number of alkyl halides is 2. The van der Waals surface area contributed by atoms with Crippen molar-refractivity contribution < 1.29 is 13.9 Å². The van der Waals surface area contributed by atoms with Gasteiger partial charge in [0.25, 0.3) is 5.92 Å². The molecule has 1 nitrogen and oxygen atoms in total. The van der Waals surface area contributed by atoms with Crippen LogP contribution in [0.5, 0.6) is 0 Å². The van der Waals surface area contributed by atoms with E-state index >= 15 is 0 Å². The fourth-order valence-electron chi connectivity index (χ4n) is 1.78. The number of rotatable bonds is 2. The summed E-state index contributed by atoms with van der Waals surface area (Å²) >= 11 is 0. The molecule has 1 aliphatic rings. The van der Waals surface area contributed by atoms with Gasteiger partial charge in [-0.05, 0) is 18.8 Å². The summed E-state index contributed by atoms with van der Waals surface area (Å²) in [6.07, 6.45) is 1.17. The van der Waals surface area contributed by atoms with Crippen LogP contribution in [0.15, 0.2) is 0 Å². The lowest BCUT2D eigenvalue weighted by Gasteiger charge is -2.23. The highest BCUT2D eigenvalue weighted by molar-refractivity contribution is 4.86. The Kier molecular flexibility index (Phi) is 2.47. The van der Waals surface area contributed by atoms with Crippen LogP contribution in [0, 0.1) is 11.8 Å². The van der Waals surface area contributed by atoms with Gasteiger partial charge in [-0.15, -0.1) is 0 Å². The third-order valence-corrected chi connectivity index (χ3v) is 2.54. The Balaban J connectivity index is 2.57. The van der Waals surface area contributed by atoms with E-state index < -0.39 is 11.8 Å². The van der Waals surface area contributed by atoms with E-state index in [0.717, 1.165) is 0 Å². The van der Waals surface area contributed by atoms with Crippen molar-refractivity contribution in [1.29, 1.82) is 0 Å². The van der Waals surface area contributed by atoms with Gasteiger partial charge in [0.05, 0.1) is 0 Å². The number of hydrogen-bond acceptors (Lipinski definition) is 1. The zero-order valence-corrected chi connectivity index (χ0v) is 6.69. The maximum absolute atomic E-state index is 12.9. The van der Waals surface area contributed by atoms with Gasteiger partial charge in [-0.25, -0.2) is 8.78 Å². The van der Waals surface area contributed by atoms with Gasteiger partial charge in [0.15, 0.2) is 0 Å². The van der Waals surface area contributed by atoms with Gasteiger partial charge in [0.2, 0.25) is 0 Å². The first-order valence-corrected chi connectivity index (χ1v) is 4.06. The summed E-state index contributed by atoms with van der Waals surface area (Å²) in [5.74, 6) is -3.37. The van der Waals surface area contributed by atoms with Gasteiger partial charge in [-0.1, -0.05) is 6.92 Å². The second-order valence-electron chi connectivity index (χ2n) is 3.42. The molecule has 1 N–H and O–H groups in total. The minimum Gasteiger partial charge on any atom is -0.396 e. The Morgan fingerprint density at radius 3 is 2.64 bits per heavy atom.